The second kappa shape index (κ2) is 11.9. The molecule has 4 nitrogen and oxygen atoms in total. The van der Waals surface area contributed by atoms with Gasteiger partial charge in [0.05, 0.1) is 0 Å². The molecule has 0 unspecified atom stereocenters. The number of para-hydroxylation sites is 2. The van der Waals surface area contributed by atoms with Gasteiger partial charge in [0, 0.05) is 33.0 Å². The van der Waals surface area contributed by atoms with Crippen molar-refractivity contribution in [2.24, 2.45) is 0 Å². The molecule has 0 saturated carbocycles. The topological polar surface area (TPSA) is 51.8 Å². The highest BCUT2D eigenvalue weighted by atomic mass is 16.3. The van der Waals surface area contributed by atoms with Gasteiger partial charge < -0.3 is 4.42 Å². The lowest BCUT2D eigenvalue weighted by Crippen LogP contribution is -2.01. The van der Waals surface area contributed by atoms with Crippen LogP contribution in [0.5, 0.6) is 0 Å². The number of nitrogens with zero attached hydrogens (tertiary/aromatic N) is 3. The van der Waals surface area contributed by atoms with Crippen molar-refractivity contribution in [3.05, 3.63) is 176 Å². The van der Waals surface area contributed by atoms with Crippen molar-refractivity contribution in [1.29, 1.82) is 0 Å². The lowest BCUT2D eigenvalue weighted by atomic mass is 9.97. The SMILES string of the molecule is c1ccc(-c2cccc3c2oc2ccccc23)c(-c2nc(-c3ccc(-c4ccc5ccccc5c4)cc3)nc(-c3cccc4ccccc34)n2)c1. The quantitative estimate of drug-likeness (QED) is 0.186. The normalized spacial score (nSPS) is 11.5. The van der Waals surface area contributed by atoms with Crippen LogP contribution in [0.3, 0.4) is 0 Å². The highest BCUT2D eigenvalue weighted by Gasteiger charge is 2.19. The average Bonchev–Trinajstić information content (AvgIpc) is 3.59. The summed E-state index contributed by atoms with van der Waals surface area (Å²) in [5.74, 6) is 1.84. The molecule has 0 bridgehead atoms. The lowest BCUT2D eigenvalue weighted by Gasteiger charge is -2.13. The van der Waals surface area contributed by atoms with Gasteiger partial charge in [0.2, 0.25) is 0 Å². The zero-order valence-corrected chi connectivity index (χ0v) is 27.5. The summed E-state index contributed by atoms with van der Waals surface area (Å²) >= 11 is 0. The monoisotopic (exact) mass is 651 g/mol. The van der Waals surface area contributed by atoms with Crippen LogP contribution in [0.2, 0.25) is 0 Å². The van der Waals surface area contributed by atoms with Crippen molar-refractivity contribution in [3.63, 3.8) is 0 Å². The van der Waals surface area contributed by atoms with Crippen molar-refractivity contribution in [2.75, 3.05) is 0 Å². The third-order valence-electron chi connectivity index (χ3n) is 9.75. The Balaban J connectivity index is 1.15. The molecule has 0 atom stereocenters. The fourth-order valence-corrected chi connectivity index (χ4v) is 7.22. The van der Waals surface area contributed by atoms with Gasteiger partial charge in [-0.15, -0.1) is 0 Å². The highest BCUT2D eigenvalue weighted by molar-refractivity contribution is 6.10. The maximum Gasteiger partial charge on any atom is 0.164 e. The summed E-state index contributed by atoms with van der Waals surface area (Å²) in [6.45, 7) is 0. The van der Waals surface area contributed by atoms with Gasteiger partial charge >= 0.3 is 0 Å². The largest absolute Gasteiger partial charge is 0.455 e. The predicted octanol–water partition coefficient (Wildman–Crippen LogP) is 12.4. The zero-order chi connectivity index (χ0) is 33.7. The Hall–Kier alpha value is -6.91. The van der Waals surface area contributed by atoms with E-state index in [9.17, 15) is 0 Å². The van der Waals surface area contributed by atoms with Gasteiger partial charge in [-0.2, -0.15) is 0 Å². The van der Waals surface area contributed by atoms with Gasteiger partial charge in [-0.05, 0) is 50.4 Å². The van der Waals surface area contributed by atoms with Crippen LogP contribution in [-0.2, 0) is 0 Å². The highest BCUT2D eigenvalue weighted by Crippen LogP contribution is 2.40. The van der Waals surface area contributed by atoms with Gasteiger partial charge in [-0.25, -0.2) is 15.0 Å². The van der Waals surface area contributed by atoms with Crippen molar-refractivity contribution in [2.45, 2.75) is 0 Å². The lowest BCUT2D eigenvalue weighted by molar-refractivity contribution is 0.670. The Bertz CT molecular complexity index is 2920. The maximum atomic E-state index is 6.48. The standard InChI is InChI=1S/C47H29N3O/c1-2-13-34-29-35(28-25-30(34)11-1)31-23-26-33(27-24-31)45-48-46(41-21-9-14-32-12-3-4-15-36(32)41)50-47(49-45)42-18-6-5-16-37(42)39-19-10-20-40-38-17-7-8-22-43(38)51-44(39)40/h1-29H. The molecular formula is C47H29N3O. The van der Waals surface area contributed by atoms with E-state index in [0.29, 0.717) is 17.5 Å². The molecule has 0 radical (unpaired) electrons. The minimum atomic E-state index is 0.602. The Labute approximate surface area is 294 Å². The molecule has 0 aliphatic heterocycles. The molecule has 238 valence electrons. The third kappa shape index (κ3) is 5.04. The summed E-state index contributed by atoms with van der Waals surface area (Å²) in [4.78, 5) is 15.5. The van der Waals surface area contributed by atoms with E-state index in [0.717, 1.165) is 66.1 Å². The molecule has 0 fully saturated rings. The van der Waals surface area contributed by atoms with E-state index in [2.05, 4.69) is 152 Å². The molecule has 2 heterocycles. The van der Waals surface area contributed by atoms with Gasteiger partial charge in [-0.3, -0.25) is 0 Å². The molecule has 4 heteroatoms. The Morgan fingerprint density at radius 1 is 0.314 bits per heavy atom. The van der Waals surface area contributed by atoms with Crippen LogP contribution in [0.15, 0.2) is 180 Å². The molecule has 0 aliphatic rings. The first-order valence-corrected chi connectivity index (χ1v) is 17.1. The minimum absolute atomic E-state index is 0.602. The van der Waals surface area contributed by atoms with Crippen LogP contribution in [0, 0.1) is 0 Å². The van der Waals surface area contributed by atoms with E-state index in [1.54, 1.807) is 0 Å². The van der Waals surface area contributed by atoms with E-state index >= 15 is 0 Å². The zero-order valence-electron chi connectivity index (χ0n) is 27.5. The van der Waals surface area contributed by atoms with Crippen LogP contribution in [-0.4, -0.2) is 15.0 Å². The summed E-state index contributed by atoms with van der Waals surface area (Å²) in [5.41, 5.74) is 8.79. The number of aromatic nitrogens is 3. The van der Waals surface area contributed by atoms with Gasteiger partial charge in [0.25, 0.3) is 0 Å². The summed E-state index contributed by atoms with van der Waals surface area (Å²) in [6, 6.07) is 61.0. The van der Waals surface area contributed by atoms with Crippen LogP contribution in [0.1, 0.15) is 0 Å². The number of benzene rings is 8. The fraction of sp³-hybridized carbons (Fsp3) is 0. The van der Waals surface area contributed by atoms with E-state index in [1.165, 1.54) is 16.3 Å². The van der Waals surface area contributed by atoms with Crippen molar-refractivity contribution >= 4 is 43.5 Å². The molecule has 10 aromatic rings. The van der Waals surface area contributed by atoms with Crippen LogP contribution >= 0.6 is 0 Å². The molecule has 0 saturated heterocycles. The second-order valence-corrected chi connectivity index (χ2v) is 12.8. The van der Waals surface area contributed by atoms with Crippen molar-refractivity contribution < 1.29 is 4.42 Å². The smallest absolute Gasteiger partial charge is 0.164 e. The number of rotatable bonds is 5. The van der Waals surface area contributed by atoms with Crippen LogP contribution < -0.4 is 0 Å². The minimum Gasteiger partial charge on any atom is -0.455 e. The van der Waals surface area contributed by atoms with Gasteiger partial charge in [-0.1, -0.05) is 164 Å². The average molecular weight is 652 g/mol. The molecule has 0 N–H and O–H groups in total. The summed E-state index contributed by atoms with van der Waals surface area (Å²) in [7, 11) is 0. The third-order valence-corrected chi connectivity index (χ3v) is 9.75. The first-order valence-electron chi connectivity index (χ1n) is 17.1. The van der Waals surface area contributed by atoms with Crippen molar-refractivity contribution in [3.8, 4) is 56.4 Å². The van der Waals surface area contributed by atoms with Gasteiger partial charge in [0.1, 0.15) is 11.2 Å². The predicted molar refractivity (Wildman–Crippen MR) is 209 cm³/mol. The number of furan rings is 1. The summed E-state index contributed by atoms with van der Waals surface area (Å²) in [6.07, 6.45) is 0. The molecule has 0 aliphatic carbocycles. The van der Waals surface area contributed by atoms with Crippen molar-refractivity contribution in [1.82, 2.24) is 15.0 Å². The summed E-state index contributed by atoms with van der Waals surface area (Å²) < 4.78 is 6.48. The fourth-order valence-electron chi connectivity index (χ4n) is 7.22. The van der Waals surface area contributed by atoms with E-state index in [-0.39, 0.29) is 0 Å². The molecular weight excluding hydrogens is 623 g/mol. The molecule has 0 amide bonds. The first kappa shape index (κ1) is 29.0. The van der Waals surface area contributed by atoms with E-state index in [1.807, 2.05) is 24.3 Å². The second-order valence-electron chi connectivity index (χ2n) is 12.8. The molecule has 10 rings (SSSR count). The summed E-state index contributed by atoms with van der Waals surface area (Å²) in [5, 5.41) is 6.86. The number of hydrogen-bond acceptors (Lipinski definition) is 4. The molecule has 8 aromatic carbocycles. The molecule has 51 heavy (non-hydrogen) atoms. The van der Waals surface area contributed by atoms with E-state index < -0.39 is 0 Å². The van der Waals surface area contributed by atoms with Crippen LogP contribution in [0.4, 0.5) is 0 Å². The molecule has 2 aromatic heterocycles. The molecule has 0 spiro atoms. The van der Waals surface area contributed by atoms with Gasteiger partial charge in [0.15, 0.2) is 17.5 Å². The Morgan fingerprint density at radius 2 is 0.863 bits per heavy atom. The maximum absolute atomic E-state index is 6.48. The number of fused-ring (bicyclic) bond motifs is 5. The Kier molecular flexibility index (Phi) is 6.78. The van der Waals surface area contributed by atoms with Crippen LogP contribution in [0.25, 0.3) is 99.9 Å². The Morgan fingerprint density at radius 3 is 1.73 bits per heavy atom. The first-order chi connectivity index (χ1) is 25.3. The number of hydrogen-bond donors (Lipinski definition) is 0. The van der Waals surface area contributed by atoms with E-state index in [4.69, 9.17) is 19.4 Å².